The summed E-state index contributed by atoms with van der Waals surface area (Å²) in [4.78, 5) is 10.5. The van der Waals surface area contributed by atoms with E-state index in [4.69, 9.17) is 0 Å². The molecule has 0 aliphatic heterocycles. The number of rotatable bonds is 5. The normalized spacial score (nSPS) is 12.5. The fourth-order valence-corrected chi connectivity index (χ4v) is 1.20. The van der Waals surface area contributed by atoms with Gasteiger partial charge in [0.25, 0.3) is 0 Å². The molecule has 0 radical (unpaired) electrons. The summed E-state index contributed by atoms with van der Waals surface area (Å²) in [5.74, 6) is 0.503. The number of carbonyl (C=O) groups excluding carboxylic acids is 1. The van der Waals surface area contributed by atoms with Gasteiger partial charge in [0.2, 0.25) is 0 Å². The molecule has 0 saturated carbocycles. The summed E-state index contributed by atoms with van der Waals surface area (Å²) in [6.45, 7) is 5.05. The van der Waals surface area contributed by atoms with Crippen molar-refractivity contribution in [3.05, 3.63) is 12.7 Å². The van der Waals surface area contributed by atoms with Crippen LogP contribution in [0.3, 0.4) is 0 Å². The molecule has 0 heterocycles. The predicted molar refractivity (Wildman–Crippen MR) is 48.6 cm³/mol. The molecule has 3 heteroatoms. The van der Waals surface area contributed by atoms with Gasteiger partial charge in [0, 0.05) is 12.7 Å². The Morgan fingerprint density at radius 1 is 1.82 bits per heavy atom. The molecule has 0 saturated heterocycles. The van der Waals surface area contributed by atoms with Gasteiger partial charge in [-0.3, -0.25) is 4.79 Å². The molecule has 11 heavy (non-hydrogen) atoms. The minimum atomic E-state index is -0.373. The Morgan fingerprint density at radius 2 is 2.45 bits per heavy atom. The molecule has 2 nitrogen and oxygen atoms in total. The summed E-state index contributed by atoms with van der Waals surface area (Å²) in [5.41, 5.74) is 0. The van der Waals surface area contributed by atoms with Crippen LogP contribution in [0.2, 0.25) is 0 Å². The number of aliphatic hydroxyl groups excluding tert-OH is 1. The highest BCUT2D eigenvalue weighted by atomic mass is 32.2. The number of hydrogen-bond acceptors (Lipinski definition) is 3. The molecule has 0 aliphatic rings. The number of aliphatic hydroxyl groups is 1. The third kappa shape index (κ3) is 7.62. The molecule has 0 aliphatic carbocycles. The zero-order chi connectivity index (χ0) is 8.69. The molecule has 0 aromatic carbocycles. The van der Waals surface area contributed by atoms with Crippen molar-refractivity contribution in [1.29, 1.82) is 0 Å². The van der Waals surface area contributed by atoms with Crippen molar-refractivity contribution in [1.82, 2.24) is 0 Å². The lowest BCUT2D eigenvalue weighted by Gasteiger charge is -2.05. The van der Waals surface area contributed by atoms with Crippen LogP contribution in [-0.2, 0) is 4.79 Å². The summed E-state index contributed by atoms with van der Waals surface area (Å²) >= 11 is 1.17. The van der Waals surface area contributed by atoms with Crippen LogP contribution in [0.15, 0.2) is 12.7 Å². The molecule has 1 unspecified atom stereocenters. The van der Waals surface area contributed by atoms with Crippen LogP contribution in [-0.4, -0.2) is 22.1 Å². The van der Waals surface area contributed by atoms with Crippen molar-refractivity contribution in [2.24, 2.45) is 0 Å². The van der Waals surface area contributed by atoms with Gasteiger partial charge in [0.05, 0.1) is 6.10 Å². The highest BCUT2D eigenvalue weighted by molar-refractivity contribution is 8.13. The van der Waals surface area contributed by atoms with Gasteiger partial charge in [-0.2, -0.15) is 0 Å². The topological polar surface area (TPSA) is 37.3 Å². The van der Waals surface area contributed by atoms with E-state index in [-0.39, 0.29) is 11.2 Å². The first-order valence-corrected chi connectivity index (χ1v) is 4.57. The Kier molecular flexibility index (Phi) is 6.27. The van der Waals surface area contributed by atoms with Gasteiger partial charge in [0.15, 0.2) is 5.12 Å². The van der Waals surface area contributed by atoms with Gasteiger partial charge in [-0.05, 0) is 12.8 Å². The first-order chi connectivity index (χ1) is 5.16. The van der Waals surface area contributed by atoms with E-state index in [0.717, 1.165) is 6.42 Å². The second kappa shape index (κ2) is 6.43. The van der Waals surface area contributed by atoms with E-state index in [2.05, 4.69) is 6.58 Å². The first kappa shape index (κ1) is 10.7. The van der Waals surface area contributed by atoms with Crippen molar-refractivity contribution >= 4 is 16.9 Å². The molecule has 0 bridgehead atoms. The monoisotopic (exact) mass is 174 g/mol. The van der Waals surface area contributed by atoms with Crippen molar-refractivity contribution in [3.63, 3.8) is 0 Å². The Morgan fingerprint density at radius 3 is 2.91 bits per heavy atom. The number of thioether (sulfide) groups is 1. The summed E-state index contributed by atoms with van der Waals surface area (Å²) in [6.07, 6.45) is 2.90. The smallest absolute Gasteiger partial charge is 0.185 e. The molecular formula is C8H14O2S. The Bertz CT molecular complexity index is 134. The van der Waals surface area contributed by atoms with Crippen LogP contribution in [0.4, 0.5) is 0 Å². The number of hydrogen-bond donors (Lipinski definition) is 1. The maximum atomic E-state index is 10.5. The lowest BCUT2D eigenvalue weighted by atomic mass is 10.2. The SMILES string of the molecule is C=CCCC(O)CSC(C)=O. The second-order valence-corrected chi connectivity index (χ2v) is 3.52. The van der Waals surface area contributed by atoms with E-state index in [0.29, 0.717) is 12.2 Å². The number of carbonyl (C=O) groups is 1. The minimum absolute atomic E-state index is 0.0580. The summed E-state index contributed by atoms with van der Waals surface area (Å²) < 4.78 is 0. The van der Waals surface area contributed by atoms with Crippen LogP contribution in [0.1, 0.15) is 19.8 Å². The minimum Gasteiger partial charge on any atom is -0.392 e. The number of allylic oxidation sites excluding steroid dienone is 1. The van der Waals surface area contributed by atoms with E-state index >= 15 is 0 Å². The Hall–Kier alpha value is -0.280. The molecule has 0 aromatic rings. The molecule has 0 aromatic heterocycles. The molecule has 64 valence electrons. The van der Waals surface area contributed by atoms with Crippen LogP contribution in [0.5, 0.6) is 0 Å². The van der Waals surface area contributed by atoms with Crippen LogP contribution < -0.4 is 0 Å². The summed E-state index contributed by atoms with van der Waals surface area (Å²) in [7, 11) is 0. The Balaban J connectivity index is 3.28. The molecule has 0 spiro atoms. The largest absolute Gasteiger partial charge is 0.392 e. The third-order valence-electron chi connectivity index (χ3n) is 1.18. The molecule has 0 rings (SSSR count). The summed E-state index contributed by atoms with van der Waals surface area (Å²) in [6, 6.07) is 0. The zero-order valence-corrected chi connectivity index (χ0v) is 7.56. The first-order valence-electron chi connectivity index (χ1n) is 3.59. The molecule has 1 atom stereocenters. The lowest BCUT2D eigenvalue weighted by molar-refractivity contribution is -0.109. The Labute approximate surface area is 71.7 Å². The third-order valence-corrected chi connectivity index (χ3v) is 2.14. The van der Waals surface area contributed by atoms with Crippen LogP contribution in [0, 0.1) is 0 Å². The van der Waals surface area contributed by atoms with Crippen molar-refractivity contribution in [3.8, 4) is 0 Å². The highest BCUT2D eigenvalue weighted by Crippen LogP contribution is 2.07. The van der Waals surface area contributed by atoms with Gasteiger partial charge in [-0.1, -0.05) is 17.8 Å². The second-order valence-electron chi connectivity index (χ2n) is 2.32. The van der Waals surface area contributed by atoms with Crippen molar-refractivity contribution in [2.45, 2.75) is 25.9 Å². The average Bonchev–Trinajstić information content (AvgIpc) is 1.97. The fourth-order valence-electron chi connectivity index (χ4n) is 0.607. The van der Waals surface area contributed by atoms with E-state index < -0.39 is 0 Å². The highest BCUT2D eigenvalue weighted by Gasteiger charge is 2.04. The lowest BCUT2D eigenvalue weighted by Crippen LogP contribution is -2.10. The van der Waals surface area contributed by atoms with Gasteiger partial charge < -0.3 is 5.11 Å². The van der Waals surface area contributed by atoms with E-state index in [9.17, 15) is 9.90 Å². The molecular weight excluding hydrogens is 160 g/mol. The van der Waals surface area contributed by atoms with Crippen LogP contribution >= 0.6 is 11.8 Å². The van der Waals surface area contributed by atoms with Crippen molar-refractivity contribution in [2.75, 3.05) is 5.75 Å². The average molecular weight is 174 g/mol. The standard InChI is InChI=1S/C8H14O2S/c1-3-4-5-8(10)6-11-7(2)9/h3,8,10H,1,4-6H2,2H3. The maximum Gasteiger partial charge on any atom is 0.185 e. The zero-order valence-electron chi connectivity index (χ0n) is 6.75. The van der Waals surface area contributed by atoms with Gasteiger partial charge in [-0.15, -0.1) is 6.58 Å². The van der Waals surface area contributed by atoms with Gasteiger partial charge >= 0.3 is 0 Å². The maximum absolute atomic E-state index is 10.5. The fraction of sp³-hybridized carbons (Fsp3) is 0.625. The van der Waals surface area contributed by atoms with E-state index in [1.807, 2.05) is 0 Å². The van der Waals surface area contributed by atoms with Crippen LogP contribution in [0.25, 0.3) is 0 Å². The van der Waals surface area contributed by atoms with E-state index in [1.165, 1.54) is 18.7 Å². The van der Waals surface area contributed by atoms with Crippen molar-refractivity contribution < 1.29 is 9.90 Å². The summed E-state index contributed by atoms with van der Waals surface area (Å²) in [5, 5.41) is 9.27. The van der Waals surface area contributed by atoms with Gasteiger partial charge in [-0.25, -0.2) is 0 Å². The van der Waals surface area contributed by atoms with E-state index in [1.54, 1.807) is 6.08 Å². The van der Waals surface area contributed by atoms with Gasteiger partial charge in [0.1, 0.15) is 0 Å². The molecule has 0 fully saturated rings. The molecule has 0 amide bonds. The molecule has 1 N–H and O–H groups in total. The predicted octanol–water partition coefficient (Wildman–Crippen LogP) is 1.59. The quantitative estimate of drug-likeness (QED) is 0.643.